The molecule has 7 heteroatoms. The minimum atomic E-state index is -3.49. The highest BCUT2D eigenvalue weighted by Crippen LogP contribution is 2.16. The van der Waals surface area contributed by atoms with E-state index < -0.39 is 15.9 Å². The van der Waals surface area contributed by atoms with Crippen molar-refractivity contribution in [2.45, 2.75) is 12.8 Å². The first-order chi connectivity index (χ1) is 12.0. The maximum Gasteiger partial charge on any atom is 0.239 e. The molecule has 2 N–H and O–H groups in total. The number of hydrogen-bond acceptors (Lipinski definition) is 4. The predicted molar refractivity (Wildman–Crippen MR) is 98.2 cm³/mol. The molecule has 1 amide bonds. The van der Waals surface area contributed by atoms with Gasteiger partial charge in [-0.1, -0.05) is 36.4 Å². The summed E-state index contributed by atoms with van der Waals surface area (Å²) in [5.74, 6) is 0.160. The fraction of sp³-hybridized carbons (Fsp3) is 0.278. The van der Waals surface area contributed by atoms with Gasteiger partial charge in [-0.3, -0.25) is 4.79 Å². The Hall–Kier alpha value is -2.38. The molecule has 2 aromatic rings. The largest absolute Gasteiger partial charge is 0.497 e. The van der Waals surface area contributed by atoms with Crippen LogP contribution in [0.5, 0.6) is 5.75 Å². The third kappa shape index (κ3) is 6.94. The number of anilines is 1. The molecule has 6 nitrogen and oxygen atoms in total. The van der Waals surface area contributed by atoms with E-state index in [0.29, 0.717) is 24.3 Å². The van der Waals surface area contributed by atoms with Crippen molar-refractivity contribution in [3.8, 4) is 5.75 Å². The molecule has 0 spiro atoms. The van der Waals surface area contributed by atoms with E-state index >= 15 is 0 Å². The van der Waals surface area contributed by atoms with E-state index in [2.05, 4.69) is 10.0 Å². The lowest BCUT2D eigenvalue weighted by molar-refractivity contribution is -0.115. The third-order valence-electron chi connectivity index (χ3n) is 3.53. The van der Waals surface area contributed by atoms with E-state index in [1.165, 1.54) is 7.11 Å². The summed E-state index contributed by atoms with van der Waals surface area (Å²) in [5, 5.41) is 2.63. The number of carbonyl (C=O) groups is 1. The summed E-state index contributed by atoms with van der Waals surface area (Å²) in [6.07, 6.45) is 1.18. The van der Waals surface area contributed by atoms with Gasteiger partial charge in [0.1, 0.15) is 5.75 Å². The van der Waals surface area contributed by atoms with Gasteiger partial charge in [-0.25, -0.2) is 13.1 Å². The third-order valence-corrected chi connectivity index (χ3v) is 4.94. The van der Waals surface area contributed by atoms with Crippen LogP contribution in [-0.4, -0.2) is 33.7 Å². The number of ether oxygens (including phenoxy) is 1. The molecule has 134 valence electrons. The van der Waals surface area contributed by atoms with Gasteiger partial charge in [0.05, 0.1) is 19.4 Å². The summed E-state index contributed by atoms with van der Waals surface area (Å²) in [5.41, 5.74) is 1.64. The van der Waals surface area contributed by atoms with E-state index in [1.807, 2.05) is 30.3 Å². The second-order valence-corrected chi connectivity index (χ2v) is 7.44. The Morgan fingerprint density at radius 2 is 1.84 bits per heavy atom. The standard InChI is InChI=1S/C18H22N2O4S/c1-24-17-11-5-10-16(13-17)20-18(21)14-19-25(22,23)12-6-9-15-7-3-2-4-8-15/h2-5,7-8,10-11,13,19H,6,9,12,14H2,1H3,(H,20,21). The van der Waals surface area contributed by atoms with Crippen LogP contribution in [0.3, 0.4) is 0 Å². The van der Waals surface area contributed by atoms with E-state index in [4.69, 9.17) is 4.74 Å². The molecular weight excluding hydrogens is 340 g/mol. The fourth-order valence-electron chi connectivity index (χ4n) is 2.26. The van der Waals surface area contributed by atoms with Crippen molar-refractivity contribution >= 4 is 21.6 Å². The summed E-state index contributed by atoms with van der Waals surface area (Å²) in [6.45, 7) is -0.301. The number of amides is 1. The van der Waals surface area contributed by atoms with E-state index in [0.717, 1.165) is 5.56 Å². The summed E-state index contributed by atoms with van der Waals surface area (Å²) >= 11 is 0. The minimum absolute atomic E-state index is 0.0195. The molecule has 0 bridgehead atoms. The summed E-state index contributed by atoms with van der Waals surface area (Å²) in [7, 11) is -1.96. The first-order valence-electron chi connectivity index (χ1n) is 7.94. The Bertz CT molecular complexity index is 792. The monoisotopic (exact) mass is 362 g/mol. The van der Waals surface area contributed by atoms with Crippen molar-refractivity contribution in [1.82, 2.24) is 4.72 Å². The molecule has 0 aliphatic carbocycles. The maximum atomic E-state index is 12.0. The lowest BCUT2D eigenvalue weighted by atomic mass is 10.1. The molecule has 0 radical (unpaired) electrons. The van der Waals surface area contributed by atoms with Crippen molar-refractivity contribution in [1.29, 1.82) is 0 Å². The van der Waals surface area contributed by atoms with Crippen LogP contribution in [-0.2, 0) is 21.2 Å². The normalized spacial score (nSPS) is 11.1. The van der Waals surface area contributed by atoms with Gasteiger partial charge in [-0.2, -0.15) is 0 Å². The topological polar surface area (TPSA) is 84.5 Å². The first kappa shape index (κ1) is 19.0. The number of methoxy groups -OCH3 is 1. The zero-order chi connectivity index (χ0) is 18.1. The van der Waals surface area contributed by atoms with Gasteiger partial charge < -0.3 is 10.1 Å². The molecule has 25 heavy (non-hydrogen) atoms. The highest BCUT2D eigenvalue weighted by Gasteiger charge is 2.12. The van der Waals surface area contributed by atoms with Crippen molar-refractivity contribution < 1.29 is 17.9 Å². The van der Waals surface area contributed by atoms with E-state index in [9.17, 15) is 13.2 Å². The molecule has 0 aliphatic heterocycles. The number of sulfonamides is 1. The van der Waals surface area contributed by atoms with Crippen LogP contribution in [0.1, 0.15) is 12.0 Å². The summed E-state index contributed by atoms with van der Waals surface area (Å²) in [4.78, 5) is 11.9. The Morgan fingerprint density at radius 1 is 1.08 bits per heavy atom. The van der Waals surface area contributed by atoms with E-state index in [1.54, 1.807) is 24.3 Å². The smallest absolute Gasteiger partial charge is 0.239 e. The van der Waals surface area contributed by atoms with Crippen LogP contribution in [0, 0.1) is 0 Å². The number of nitrogens with one attached hydrogen (secondary N) is 2. The average Bonchev–Trinajstić information content (AvgIpc) is 2.61. The molecule has 0 saturated heterocycles. The van der Waals surface area contributed by atoms with Crippen LogP contribution in [0.4, 0.5) is 5.69 Å². The quantitative estimate of drug-likeness (QED) is 0.716. The Balaban J connectivity index is 1.75. The molecule has 0 heterocycles. The number of benzene rings is 2. The zero-order valence-electron chi connectivity index (χ0n) is 14.1. The number of hydrogen-bond donors (Lipinski definition) is 2. The minimum Gasteiger partial charge on any atom is -0.497 e. The number of carbonyl (C=O) groups excluding carboxylic acids is 1. The lowest BCUT2D eigenvalue weighted by Crippen LogP contribution is -2.34. The molecule has 0 saturated carbocycles. The molecule has 2 aromatic carbocycles. The van der Waals surface area contributed by atoms with Crippen LogP contribution >= 0.6 is 0 Å². The second-order valence-electron chi connectivity index (χ2n) is 5.51. The Labute approximate surface area is 148 Å². The Morgan fingerprint density at radius 3 is 2.56 bits per heavy atom. The highest BCUT2D eigenvalue weighted by molar-refractivity contribution is 7.89. The van der Waals surface area contributed by atoms with Gasteiger partial charge in [0.15, 0.2) is 0 Å². The van der Waals surface area contributed by atoms with Crippen LogP contribution < -0.4 is 14.8 Å². The first-order valence-corrected chi connectivity index (χ1v) is 9.59. The summed E-state index contributed by atoms with van der Waals surface area (Å²) < 4.78 is 31.3. The fourth-order valence-corrected chi connectivity index (χ4v) is 3.28. The van der Waals surface area contributed by atoms with Gasteiger partial charge in [-0.05, 0) is 30.5 Å². The van der Waals surface area contributed by atoms with Crippen molar-refractivity contribution in [2.75, 3.05) is 24.7 Å². The zero-order valence-corrected chi connectivity index (χ0v) is 14.9. The molecular formula is C18H22N2O4S. The SMILES string of the molecule is COc1cccc(NC(=O)CNS(=O)(=O)CCCc2ccccc2)c1. The lowest BCUT2D eigenvalue weighted by Gasteiger charge is -2.09. The average molecular weight is 362 g/mol. The van der Waals surface area contributed by atoms with Gasteiger partial charge in [0, 0.05) is 11.8 Å². The molecule has 0 aromatic heterocycles. The predicted octanol–water partition coefficient (Wildman–Crippen LogP) is 2.19. The number of rotatable bonds is 9. The van der Waals surface area contributed by atoms with Crippen LogP contribution in [0.25, 0.3) is 0 Å². The maximum absolute atomic E-state index is 12.0. The summed E-state index contributed by atoms with van der Waals surface area (Å²) in [6, 6.07) is 16.5. The molecule has 0 fully saturated rings. The van der Waals surface area contributed by atoms with Gasteiger partial charge in [0.25, 0.3) is 0 Å². The Kier molecular flexibility index (Phi) is 6.97. The van der Waals surface area contributed by atoms with Gasteiger partial charge in [0.2, 0.25) is 15.9 Å². The van der Waals surface area contributed by atoms with Gasteiger partial charge in [-0.15, -0.1) is 0 Å². The molecule has 0 aliphatic rings. The van der Waals surface area contributed by atoms with Crippen LogP contribution in [0.2, 0.25) is 0 Å². The highest BCUT2D eigenvalue weighted by atomic mass is 32.2. The van der Waals surface area contributed by atoms with Crippen molar-refractivity contribution in [3.05, 3.63) is 60.2 Å². The number of aryl methyl sites for hydroxylation is 1. The molecule has 0 unspecified atom stereocenters. The van der Waals surface area contributed by atoms with E-state index in [-0.39, 0.29) is 12.3 Å². The van der Waals surface area contributed by atoms with Crippen LogP contribution in [0.15, 0.2) is 54.6 Å². The molecule has 2 rings (SSSR count). The molecule has 0 atom stereocenters. The van der Waals surface area contributed by atoms with Gasteiger partial charge >= 0.3 is 0 Å². The van der Waals surface area contributed by atoms with Crippen molar-refractivity contribution in [2.24, 2.45) is 0 Å². The van der Waals surface area contributed by atoms with Crippen molar-refractivity contribution in [3.63, 3.8) is 0 Å². The second kappa shape index (κ2) is 9.19.